The fraction of sp³-hybridized carbons (Fsp3) is 0.0800. The van der Waals surface area contributed by atoms with Gasteiger partial charge in [0.2, 0.25) is 0 Å². The Bertz CT molecular complexity index is 1160. The first-order valence-electron chi connectivity index (χ1n) is 9.40. The number of ether oxygens (including phenoxy) is 2. The predicted octanol–water partition coefficient (Wildman–Crippen LogP) is 4.66. The molecule has 0 radical (unpaired) electrons. The number of carbonyl (C=O) groups is 1. The molecule has 0 bridgehead atoms. The Morgan fingerprint density at radius 1 is 0.933 bits per heavy atom. The monoisotopic (exact) mass is 394 g/mol. The van der Waals surface area contributed by atoms with E-state index in [0.29, 0.717) is 22.6 Å². The molecule has 1 atom stereocenters. The highest BCUT2D eigenvalue weighted by molar-refractivity contribution is 6.10. The first-order chi connectivity index (χ1) is 14.7. The molecule has 0 aromatic heterocycles. The number of methoxy groups -OCH3 is 1. The van der Waals surface area contributed by atoms with Gasteiger partial charge in [-0.05, 0) is 29.8 Å². The predicted molar refractivity (Wildman–Crippen MR) is 113 cm³/mol. The highest BCUT2D eigenvalue weighted by atomic mass is 16.5. The molecule has 0 aliphatic carbocycles. The van der Waals surface area contributed by atoms with E-state index in [1.165, 1.54) is 7.11 Å². The first kappa shape index (κ1) is 19.2. The Kier molecular flexibility index (Phi) is 5.40. The number of rotatable bonds is 4. The fourth-order valence-corrected chi connectivity index (χ4v) is 3.27. The van der Waals surface area contributed by atoms with Crippen molar-refractivity contribution in [3.63, 3.8) is 0 Å². The maximum atomic E-state index is 12.6. The zero-order valence-corrected chi connectivity index (χ0v) is 16.3. The molecule has 1 unspecified atom stereocenters. The molecule has 5 heteroatoms. The zero-order chi connectivity index (χ0) is 20.9. The van der Waals surface area contributed by atoms with Gasteiger partial charge in [0, 0.05) is 11.1 Å². The molecule has 5 nitrogen and oxygen atoms in total. The quantitative estimate of drug-likeness (QED) is 0.604. The number of hydrogen-bond donors (Lipinski definition) is 0. The van der Waals surface area contributed by atoms with Crippen LogP contribution in [-0.4, -0.2) is 18.8 Å². The Morgan fingerprint density at radius 3 is 2.17 bits per heavy atom. The second-order valence-electron chi connectivity index (χ2n) is 6.63. The SMILES string of the molecule is COC(=O)C1=C(c2ccc(C#N)cc2)OC(c2ccccc2)C(c2ccccc2)=N1. The molecule has 1 aliphatic rings. The Morgan fingerprint density at radius 2 is 1.57 bits per heavy atom. The molecule has 0 saturated heterocycles. The number of carbonyl (C=O) groups excluding carboxylic acids is 1. The zero-order valence-electron chi connectivity index (χ0n) is 16.3. The third kappa shape index (κ3) is 3.71. The number of aliphatic imine (C=N–C) groups is 1. The van der Waals surface area contributed by atoms with E-state index in [2.05, 4.69) is 6.07 Å². The molecular weight excluding hydrogens is 376 g/mol. The van der Waals surface area contributed by atoms with E-state index in [1.807, 2.05) is 60.7 Å². The van der Waals surface area contributed by atoms with Gasteiger partial charge in [0.15, 0.2) is 17.6 Å². The van der Waals surface area contributed by atoms with Crippen LogP contribution >= 0.6 is 0 Å². The smallest absolute Gasteiger partial charge is 0.360 e. The molecule has 0 N–H and O–H groups in total. The molecule has 4 rings (SSSR count). The minimum absolute atomic E-state index is 0.0910. The maximum Gasteiger partial charge on any atom is 0.360 e. The van der Waals surface area contributed by atoms with Crippen molar-refractivity contribution in [1.29, 1.82) is 5.26 Å². The van der Waals surface area contributed by atoms with Crippen LogP contribution in [0.25, 0.3) is 5.76 Å². The normalized spacial score (nSPS) is 15.6. The van der Waals surface area contributed by atoms with Crippen LogP contribution in [0.4, 0.5) is 0 Å². The van der Waals surface area contributed by atoms with Gasteiger partial charge in [0.25, 0.3) is 0 Å². The number of benzene rings is 3. The summed E-state index contributed by atoms with van der Waals surface area (Å²) < 4.78 is 11.4. The lowest BCUT2D eigenvalue weighted by molar-refractivity contribution is -0.136. The van der Waals surface area contributed by atoms with Crippen molar-refractivity contribution < 1.29 is 14.3 Å². The largest absolute Gasteiger partial charge is 0.476 e. The van der Waals surface area contributed by atoms with Crippen molar-refractivity contribution in [2.45, 2.75) is 6.10 Å². The van der Waals surface area contributed by atoms with Gasteiger partial charge >= 0.3 is 5.97 Å². The molecule has 146 valence electrons. The summed E-state index contributed by atoms with van der Waals surface area (Å²) in [5, 5.41) is 9.08. The summed E-state index contributed by atoms with van der Waals surface area (Å²) in [5.74, 6) is -0.269. The lowest BCUT2D eigenvalue weighted by Gasteiger charge is -2.28. The Hall–Kier alpha value is -4.17. The van der Waals surface area contributed by atoms with Crippen LogP contribution in [0.2, 0.25) is 0 Å². The number of esters is 1. The average Bonchev–Trinajstić information content (AvgIpc) is 2.84. The second-order valence-corrected chi connectivity index (χ2v) is 6.63. The molecule has 3 aromatic rings. The van der Waals surface area contributed by atoms with Crippen LogP contribution in [0.1, 0.15) is 28.4 Å². The van der Waals surface area contributed by atoms with E-state index in [0.717, 1.165) is 11.1 Å². The van der Waals surface area contributed by atoms with Gasteiger partial charge in [-0.25, -0.2) is 9.79 Å². The summed E-state index contributed by atoms with van der Waals surface area (Å²) in [6, 6.07) is 28.2. The van der Waals surface area contributed by atoms with Crippen LogP contribution in [0.15, 0.2) is 95.6 Å². The van der Waals surface area contributed by atoms with Crippen molar-refractivity contribution in [1.82, 2.24) is 0 Å². The molecule has 0 spiro atoms. The summed E-state index contributed by atoms with van der Waals surface area (Å²) in [5.41, 5.74) is 3.64. The van der Waals surface area contributed by atoms with E-state index in [9.17, 15) is 4.79 Å². The van der Waals surface area contributed by atoms with Gasteiger partial charge in [-0.2, -0.15) is 5.26 Å². The molecule has 30 heavy (non-hydrogen) atoms. The minimum Gasteiger partial charge on any atom is -0.476 e. The van der Waals surface area contributed by atoms with E-state index >= 15 is 0 Å². The van der Waals surface area contributed by atoms with Gasteiger partial charge in [-0.3, -0.25) is 0 Å². The number of hydrogen-bond acceptors (Lipinski definition) is 5. The highest BCUT2D eigenvalue weighted by Crippen LogP contribution is 2.36. The van der Waals surface area contributed by atoms with Crippen molar-refractivity contribution >= 4 is 17.4 Å². The topological polar surface area (TPSA) is 71.7 Å². The lowest BCUT2D eigenvalue weighted by Crippen LogP contribution is -2.24. The molecule has 1 heterocycles. The molecule has 1 aliphatic heterocycles. The average molecular weight is 394 g/mol. The second kappa shape index (κ2) is 8.46. The Labute approximate surface area is 174 Å². The molecular formula is C25H18N2O3. The van der Waals surface area contributed by atoms with Crippen LogP contribution in [-0.2, 0) is 14.3 Å². The summed E-state index contributed by atoms with van der Waals surface area (Å²) in [4.78, 5) is 17.3. The van der Waals surface area contributed by atoms with Gasteiger partial charge in [0.1, 0.15) is 0 Å². The van der Waals surface area contributed by atoms with E-state index < -0.39 is 12.1 Å². The van der Waals surface area contributed by atoms with Crippen molar-refractivity contribution in [3.8, 4) is 6.07 Å². The van der Waals surface area contributed by atoms with Gasteiger partial charge in [-0.15, -0.1) is 0 Å². The summed E-state index contributed by atoms with van der Waals surface area (Å²) in [6.07, 6.45) is -0.507. The maximum absolute atomic E-state index is 12.6. The minimum atomic E-state index is -0.589. The van der Waals surface area contributed by atoms with E-state index in [-0.39, 0.29) is 5.70 Å². The standard InChI is InChI=1S/C25H18N2O3/c1-29-25(28)22-24(20-14-12-17(16-26)13-15-20)30-23(19-10-6-3-7-11-19)21(27-22)18-8-4-2-5-9-18/h2-15,23H,1H3. The van der Waals surface area contributed by atoms with Crippen LogP contribution < -0.4 is 0 Å². The molecule has 0 fully saturated rings. The highest BCUT2D eigenvalue weighted by Gasteiger charge is 2.32. The van der Waals surface area contributed by atoms with Gasteiger partial charge in [0.05, 0.1) is 24.5 Å². The van der Waals surface area contributed by atoms with Crippen molar-refractivity contribution in [2.75, 3.05) is 7.11 Å². The van der Waals surface area contributed by atoms with E-state index in [4.69, 9.17) is 19.7 Å². The van der Waals surface area contributed by atoms with Gasteiger partial charge < -0.3 is 9.47 Å². The number of nitriles is 1. The molecule has 0 amide bonds. The third-order valence-electron chi connectivity index (χ3n) is 4.76. The summed E-state index contributed by atoms with van der Waals surface area (Å²) >= 11 is 0. The van der Waals surface area contributed by atoms with E-state index in [1.54, 1.807) is 24.3 Å². The first-order valence-corrected chi connectivity index (χ1v) is 9.40. The summed E-state index contributed by atoms with van der Waals surface area (Å²) in [6.45, 7) is 0. The molecule has 3 aromatic carbocycles. The van der Waals surface area contributed by atoms with Crippen molar-refractivity contribution in [3.05, 3.63) is 113 Å². The van der Waals surface area contributed by atoms with Crippen molar-refractivity contribution in [2.24, 2.45) is 4.99 Å². The lowest BCUT2D eigenvalue weighted by atomic mass is 9.96. The van der Waals surface area contributed by atoms with Crippen LogP contribution in [0.5, 0.6) is 0 Å². The van der Waals surface area contributed by atoms with Gasteiger partial charge in [-0.1, -0.05) is 60.7 Å². The fourth-order valence-electron chi connectivity index (χ4n) is 3.27. The molecule has 0 saturated carbocycles. The van der Waals surface area contributed by atoms with Crippen LogP contribution in [0, 0.1) is 11.3 Å². The third-order valence-corrected chi connectivity index (χ3v) is 4.76. The Balaban J connectivity index is 1.91. The van der Waals surface area contributed by atoms with Crippen LogP contribution in [0.3, 0.4) is 0 Å². The summed E-state index contributed by atoms with van der Waals surface area (Å²) in [7, 11) is 1.31. The number of nitrogens with zero attached hydrogens (tertiary/aromatic N) is 2.